The van der Waals surface area contributed by atoms with E-state index in [1.165, 1.54) is 17.9 Å². The van der Waals surface area contributed by atoms with E-state index in [1.807, 2.05) is 16.7 Å². The van der Waals surface area contributed by atoms with Crippen LogP contribution in [0.3, 0.4) is 0 Å². The Balaban J connectivity index is 1.56. The average Bonchev–Trinajstić information content (AvgIpc) is 3.25. The molecule has 1 fully saturated rings. The number of ether oxygens (including phenoxy) is 1. The van der Waals surface area contributed by atoms with Crippen molar-refractivity contribution in [3.63, 3.8) is 0 Å². The number of cyclic esters (lactones) is 1. The first-order valence-corrected chi connectivity index (χ1v) is 8.45. The van der Waals surface area contributed by atoms with E-state index >= 15 is 0 Å². The summed E-state index contributed by atoms with van der Waals surface area (Å²) in [6, 6.07) is 8.29. The van der Waals surface area contributed by atoms with Crippen LogP contribution in [0.5, 0.6) is 0 Å². The van der Waals surface area contributed by atoms with Gasteiger partial charge >= 0.3 is 6.09 Å². The monoisotopic (exact) mass is 368 g/mol. The Kier molecular flexibility index (Phi) is 4.23. The van der Waals surface area contributed by atoms with Crippen LogP contribution in [0.4, 0.5) is 14.9 Å². The number of halogens is 1. The van der Waals surface area contributed by atoms with Gasteiger partial charge in [-0.15, -0.1) is 0 Å². The summed E-state index contributed by atoms with van der Waals surface area (Å²) in [5.41, 5.74) is 2.43. The summed E-state index contributed by atoms with van der Waals surface area (Å²) in [5, 5.41) is 2.61. The first-order valence-electron chi connectivity index (χ1n) is 8.45. The van der Waals surface area contributed by atoms with Crippen molar-refractivity contribution in [2.45, 2.75) is 13.0 Å². The van der Waals surface area contributed by atoms with Crippen molar-refractivity contribution in [2.75, 3.05) is 18.0 Å². The molecule has 7 nitrogen and oxygen atoms in total. The summed E-state index contributed by atoms with van der Waals surface area (Å²) in [5.74, 6) is -0.635. The Morgan fingerprint density at radius 1 is 1.37 bits per heavy atom. The molecule has 1 aliphatic rings. The molecule has 0 saturated carbocycles. The average molecular weight is 368 g/mol. The van der Waals surface area contributed by atoms with Crippen LogP contribution in [0.15, 0.2) is 49.1 Å². The van der Waals surface area contributed by atoms with E-state index in [4.69, 9.17) is 4.74 Å². The molecule has 1 N–H and O–H groups in total. The van der Waals surface area contributed by atoms with Crippen LogP contribution < -0.4 is 10.2 Å². The van der Waals surface area contributed by atoms with Crippen LogP contribution >= 0.6 is 0 Å². The molecule has 8 heteroatoms. The number of nitrogens with one attached hydrogen (secondary N) is 1. The van der Waals surface area contributed by atoms with Crippen molar-refractivity contribution in [1.29, 1.82) is 0 Å². The summed E-state index contributed by atoms with van der Waals surface area (Å²) in [6.07, 6.45) is 4.17. The number of nitrogens with zero attached hydrogens (tertiary/aromatic N) is 3. The van der Waals surface area contributed by atoms with Crippen molar-refractivity contribution >= 4 is 23.2 Å². The minimum absolute atomic E-state index is 0.199. The van der Waals surface area contributed by atoms with Gasteiger partial charge < -0.3 is 14.5 Å². The maximum atomic E-state index is 14.7. The van der Waals surface area contributed by atoms with Crippen molar-refractivity contribution in [3.8, 4) is 11.1 Å². The lowest BCUT2D eigenvalue weighted by Gasteiger charge is -2.14. The summed E-state index contributed by atoms with van der Waals surface area (Å²) in [6.45, 7) is 1.87. The molecule has 138 valence electrons. The Morgan fingerprint density at radius 3 is 3.00 bits per heavy atom. The van der Waals surface area contributed by atoms with Crippen LogP contribution in [0.25, 0.3) is 16.6 Å². The second-order valence-electron chi connectivity index (χ2n) is 6.36. The van der Waals surface area contributed by atoms with Gasteiger partial charge in [0.05, 0.1) is 36.8 Å². The second kappa shape index (κ2) is 6.71. The highest BCUT2D eigenvalue weighted by Gasteiger charge is 2.32. The van der Waals surface area contributed by atoms with E-state index in [9.17, 15) is 14.0 Å². The Hall–Kier alpha value is -3.42. The number of carbonyl (C=O) groups is 2. The topological polar surface area (TPSA) is 75.9 Å². The minimum atomic E-state index is -0.557. The highest BCUT2D eigenvalue weighted by Crippen LogP contribution is 2.29. The molecular weight excluding hydrogens is 351 g/mol. The molecule has 1 atom stereocenters. The zero-order chi connectivity index (χ0) is 19.0. The largest absolute Gasteiger partial charge is 0.442 e. The van der Waals surface area contributed by atoms with E-state index in [0.29, 0.717) is 11.3 Å². The number of benzene rings is 1. The fraction of sp³-hybridized carbons (Fsp3) is 0.211. The molecule has 1 aliphatic heterocycles. The molecule has 0 aliphatic carbocycles. The van der Waals surface area contributed by atoms with Gasteiger partial charge in [0.1, 0.15) is 11.9 Å². The Labute approximate surface area is 154 Å². The van der Waals surface area contributed by atoms with Crippen LogP contribution in [-0.2, 0) is 9.53 Å². The molecule has 2 amide bonds. The molecule has 3 heterocycles. The van der Waals surface area contributed by atoms with Crippen LogP contribution in [0.2, 0.25) is 0 Å². The van der Waals surface area contributed by atoms with Crippen molar-refractivity contribution < 1.29 is 18.7 Å². The molecule has 1 aromatic carbocycles. The summed E-state index contributed by atoms with van der Waals surface area (Å²) in [7, 11) is 0. The standard InChI is InChI=1S/C19H17FN4O3/c1-12(25)22-9-16-10-24(19(26)27-16)14-2-3-17(18(20)7-14)13-4-5-23-11-21-8-15(23)6-13/h2-8,11,16H,9-10H2,1H3,(H,22,25)/t16-/m0/s1. The van der Waals surface area contributed by atoms with Crippen molar-refractivity contribution in [3.05, 3.63) is 54.9 Å². The van der Waals surface area contributed by atoms with Gasteiger partial charge in [0.15, 0.2) is 0 Å². The minimum Gasteiger partial charge on any atom is -0.442 e. The van der Waals surface area contributed by atoms with Crippen LogP contribution in [-0.4, -0.2) is 40.6 Å². The predicted octanol–water partition coefficient (Wildman–Crippen LogP) is 2.60. The van der Waals surface area contributed by atoms with Gasteiger partial charge in [-0.3, -0.25) is 9.69 Å². The van der Waals surface area contributed by atoms with Crippen molar-refractivity contribution in [1.82, 2.24) is 14.7 Å². The third kappa shape index (κ3) is 3.33. The van der Waals surface area contributed by atoms with Gasteiger partial charge in [0.2, 0.25) is 5.91 Å². The summed E-state index contributed by atoms with van der Waals surface area (Å²) >= 11 is 0. The third-order valence-electron chi connectivity index (χ3n) is 4.44. The molecule has 2 aromatic heterocycles. The Morgan fingerprint density at radius 2 is 2.22 bits per heavy atom. The SMILES string of the molecule is CC(=O)NC[C@H]1CN(c2ccc(-c3ccn4cncc4c3)c(F)c2)C(=O)O1. The zero-order valence-corrected chi connectivity index (χ0v) is 14.6. The fourth-order valence-corrected chi connectivity index (χ4v) is 3.09. The van der Waals surface area contributed by atoms with E-state index in [-0.39, 0.29) is 19.0 Å². The molecule has 27 heavy (non-hydrogen) atoms. The maximum Gasteiger partial charge on any atom is 0.414 e. The van der Waals surface area contributed by atoms with Gasteiger partial charge in [-0.2, -0.15) is 0 Å². The lowest BCUT2D eigenvalue weighted by atomic mass is 10.1. The summed E-state index contributed by atoms with van der Waals surface area (Å²) < 4.78 is 21.8. The quantitative estimate of drug-likeness (QED) is 0.768. The normalized spacial score (nSPS) is 16.6. The third-order valence-corrected chi connectivity index (χ3v) is 4.44. The lowest BCUT2D eigenvalue weighted by molar-refractivity contribution is -0.119. The second-order valence-corrected chi connectivity index (χ2v) is 6.36. The maximum absolute atomic E-state index is 14.7. The van der Waals surface area contributed by atoms with Crippen molar-refractivity contribution in [2.24, 2.45) is 0 Å². The first-order chi connectivity index (χ1) is 13.0. The van der Waals surface area contributed by atoms with Crippen LogP contribution in [0.1, 0.15) is 6.92 Å². The molecule has 0 spiro atoms. The van der Waals surface area contributed by atoms with E-state index in [2.05, 4.69) is 10.3 Å². The van der Waals surface area contributed by atoms with Crippen LogP contribution in [0, 0.1) is 5.82 Å². The highest BCUT2D eigenvalue weighted by molar-refractivity contribution is 5.90. The smallest absolute Gasteiger partial charge is 0.414 e. The fourth-order valence-electron chi connectivity index (χ4n) is 3.09. The summed E-state index contributed by atoms with van der Waals surface area (Å²) in [4.78, 5) is 28.5. The Bertz CT molecular complexity index is 1030. The zero-order valence-electron chi connectivity index (χ0n) is 14.6. The molecule has 0 bridgehead atoms. The molecule has 0 unspecified atom stereocenters. The highest BCUT2D eigenvalue weighted by atomic mass is 19.1. The number of fused-ring (bicyclic) bond motifs is 1. The van der Waals surface area contributed by atoms with Gasteiger partial charge in [0.25, 0.3) is 0 Å². The van der Waals surface area contributed by atoms with E-state index in [0.717, 1.165) is 11.1 Å². The molecule has 0 radical (unpaired) electrons. The number of aromatic nitrogens is 2. The molecular formula is C19H17FN4O3. The number of hydrogen-bond acceptors (Lipinski definition) is 4. The molecule has 1 saturated heterocycles. The number of imidazole rings is 1. The first kappa shape index (κ1) is 17.0. The number of hydrogen-bond donors (Lipinski definition) is 1. The number of anilines is 1. The number of amides is 2. The molecule has 3 aromatic rings. The van der Waals surface area contributed by atoms with Gasteiger partial charge in [0, 0.05) is 18.7 Å². The number of pyridine rings is 1. The number of rotatable bonds is 4. The number of carbonyl (C=O) groups excluding carboxylic acids is 2. The van der Waals surface area contributed by atoms with E-state index < -0.39 is 18.0 Å². The predicted molar refractivity (Wildman–Crippen MR) is 96.9 cm³/mol. The van der Waals surface area contributed by atoms with Gasteiger partial charge in [-0.25, -0.2) is 14.2 Å². The van der Waals surface area contributed by atoms with E-state index in [1.54, 1.807) is 30.7 Å². The molecule has 4 rings (SSSR count). The van der Waals surface area contributed by atoms with Gasteiger partial charge in [-0.05, 0) is 35.9 Å². The lowest BCUT2D eigenvalue weighted by Crippen LogP contribution is -2.33. The van der Waals surface area contributed by atoms with Gasteiger partial charge in [-0.1, -0.05) is 0 Å².